The Morgan fingerprint density at radius 3 is 2.48 bits per heavy atom. The third-order valence-corrected chi connectivity index (χ3v) is 5.92. The Morgan fingerprint density at radius 1 is 0.935 bits per heavy atom. The number of aliphatic hydroxyl groups excluding tert-OH is 1. The summed E-state index contributed by atoms with van der Waals surface area (Å²) in [7, 11) is 0. The molecule has 31 heavy (non-hydrogen) atoms. The van der Waals surface area contributed by atoms with Crippen molar-refractivity contribution < 1.29 is 68.1 Å². The van der Waals surface area contributed by atoms with E-state index >= 15 is 0 Å². The standard InChI is InChI=1S/C25H26O5.Ac/c1-16-22(26)24(27-14-17-11-12-18-7-5-6-10-20(18)13-17)23-21(29-16)15-28-25(30-23)19-8-3-2-4-9-19;/h2-13,16,21-26H,14-15H2,1H3;/t16-,21?,22?,23-,24+,25?;/m0./s1. The molecule has 0 aliphatic carbocycles. The van der Waals surface area contributed by atoms with Gasteiger partial charge in [-0.15, -0.1) is 0 Å². The summed E-state index contributed by atoms with van der Waals surface area (Å²) in [5, 5.41) is 13.2. The van der Waals surface area contributed by atoms with Gasteiger partial charge in [-0.3, -0.25) is 0 Å². The monoisotopic (exact) mass is 633 g/mol. The van der Waals surface area contributed by atoms with Gasteiger partial charge >= 0.3 is 0 Å². The number of benzene rings is 3. The van der Waals surface area contributed by atoms with E-state index in [1.165, 1.54) is 10.8 Å². The largest absolute Gasteiger partial charge is 0.388 e. The summed E-state index contributed by atoms with van der Waals surface area (Å²) in [5.41, 5.74) is 2.00. The number of hydrogen-bond acceptors (Lipinski definition) is 5. The van der Waals surface area contributed by atoms with Crippen LogP contribution >= 0.6 is 0 Å². The Labute approximate surface area is 218 Å². The molecule has 2 aliphatic heterocycles. The molecule has 3 aromatic carbocycles. The van der Waals surface area contributed by atoms with Crippen molar-refractivity contribution in [3.63, 3.8) is 0 Å². The molecular weight excluding hydrogens is 607 g/mol. The van der Waals surface area contributed by atoms with Gasteiger partial charge in [0.1, 0.15) is 24.4 Å². The molecule has 2 heterocycles. The van der Waals surface area contributed by atoms with Crippen LogP contribution in [0.3, 0.4) is 0 Å². The minimum absolute atomic E-state index is 0. The summed E-state index contributed by atoms with van der Waals surface area (Å²) in [6, 6.07) is 24.3. The van der Waals surface area contributed by atoms with Crippen LogP contribution < -0.4 is 0 Å². The van der Waals surface area contributed by atoms with Crippen LogP contribution in [0.5, 0.6) is 0 Å². The smallest absolute Gasteiger partial charge is 0.184 e. The summed E-state index contributed by atoms with van der Waals surface area (Å²) in [6.07, 6.45) is -2.81. The van der Waals surface area contributed by atoms with E-state index in [4.69, 9.17) is 18.9 Å². The predicted molar refractivity (Wildman–Crippen MR) is 113 cm³/mol. The summed E-state index contributed by atoms with van der Waals surface area (Å²) in [6.45, 7) is 2.65. The van der Waals surface area contributed by atoms with Gasteiger partial charge in [0.15, 0.2) is 6.29 Å². The van der Waals surface area contributed by atoms with Gasteiger partial charge in [0.25, 0.3) is 0 Å². The Balaban J connectivity index is 0.00000231. The Bertz CT molecular complexity index is 997. The van der Waals surface area contributed by atoms with Crippen LogP contribution in [0.15, 0.2) is 72.8 Å². The van der Waals surface area contributed by atoms with Crippen LogP contribution in [-0.4, -0.2) is 42.2 Å². The average molecular weight is 633 g/mol. The van der Waals surface area contributed by atoms with Gasteiger partial charge in [-0.05, 0) is 29.3 Å². The molecule has 1 N–H and O–H groups in total. The molecule has 2 aliphatic rings. The second-order valence-corrected chi connectivity index (χ2v) is 8.00. The van der Waals surface area contributed by atoms with Gasteiger partial charge in [0.05, 0.1) is 19.3 Å². The molecule has 3 aromatic rings. The first kappa shape index (κ1) is 23.3. The van der Waals surface area contributed by atoms with Crippen LogP contribution in [0, 0.1) is 44.1 Å². The van der Waals surface area contributed by atoms with Crippen molar-refractivity contribution in [2.24, 2.45) is 0 Å². The molecule has 6 atom stereocenters. The molecule has 2 saturated heterocycles. The van der Waals surface area contributed by atoms with E-state index in [2.05, 4.69) is 30.3 Å². The van der Waals surface area contributed by atoms with Crippen LogP contribution in [0.1, 0.15) is 24.3 Å². The Hall–Kier alpha value is -0.838. The van der Waals surface area contributed by atoms with Gasteiger partial charge < -0.3 is 24.1 Å². The maximum absolute atomic E-state index is 10.8. The fourth-order valence-corrected chi connectivity index (χ4v) is 4.27. The van der Waals surface area contributed by atoms with Crippen molar-refractivity contribution >= 4 is 10.8 Å². The topological polar surface area (TPSA) is 57.2 Å². The van der Waals surface area contributed by atoms with Gasteiger partial charge in [-0.25, -0.2) is 0 Å². The molecule has 0 bridgehead atoms. The molecule has 5 rings (SSSR count). The second kappa shape index (κ2) is 10.4. The third-order valence-electron chi connectivity index (χ3n) is 5.92. The van der Waals surface area contributed by atoms with E-state index in [0.717, 1.165) is 11.1 Å². The number of fused-ring (bicyclic) bond motifs is 2. The maximum atomic E-state index is 10.8. The molecular formula is C25H26AcO5. The molecule has 0 aromatic heterocycles. The number of aliphatic hydroxyl groups is 1. The molecule has 0 amide bonds. The first-order valence-electron chi connectivity index (χ1n) is 10.4. The number of hydrogen-bond donors (Lipinski definition) is 1. The van der Waals surface area contributed by atoms with Gasteiger partial charge in [-0.2, -0.15) is 0 Å². The molecule has 3 unspecified atom stereocenters. The molecule has 6 heteroatoms. The molecule has 0 saturated carbocycles. The zero-order valence-corrected chi connectivity index (χ0v) is 22.2. The summed E-state index contributed by atoms with van der Waals surface area (Å²) in [4.78, 5) is 0. The quantitative estimate of drug-likeness (QED) is 0.472. The van der Waals surface area contributed by atoms with E-state index < -0.39 is 24.6 Å². The van der Waals surface area contributed by atoms with Crippen molar-refractivity contribution in [1.29, 1.82) is 0 Å². The van der Waals surface area contributed by atoms with E-state index in [9.17, 15) is 5.11 Å². The molecule has 1 radical (unpaired) electrons. The second-order valence-electron chi connectivity index (χ2n) is 8.00. The number of ether oxygens (including phenoxy) is 4. The fourth-order valence-electron chi connectivity index (χ4n) is 4.27. The SMILES string of the molecule is C[C@@H]1OC2COC(c3ccccc3)O[C@@H]2[C@H](OCc2ccc3ccccc3c2)C1O.[Ac]. The van der Waals surface area contributed by atoms with E-state index in [-0.39, 0.29) is 56.3 Å². The Morgan fingerprint density at radius 2 is 1.68 bits per heavy atom. The summed E-state index contributed by atoms with van der Waals surface area (Å²) >= 11 is 0. The van der Waals surface area contributed by atoms with Gasteiger partial charge in [0, 0.05) is 49.6 Å². The zero-order valence-electron chi connectivity index (χ0n) is 17.5. The van der Waals surface area contributed by atoms with E-state index in [0.29, 0.717) is 13.2 Å². The third kappa shape index (κ3) is 5.07. The van der Waals surface area contributed by atoms with Gasteiger partial charge in [0.2, 0.25) is 0 Å². The minimum Gasteiger partial charge on any atom is -0.388 e. The molecule has 2 fully saturated rings. The first-order chi connectivity index (χ1) is 14.7. The van der Waals surface area contributed by atoms with Crippen LogP contribution in [-0.2, 0) is 25.6 Å². The first-order valence-corrected chi connectivity index (χ1v) is 10.4. The van der Waals surface area contributed by atoms with Crippen molar-refractivity contribution in [3.05, 3.63) is 83.9 Å². The van der Waals surface area contributed by atoms with Crippen LogP contribution in [0.25, 0.3) is 10.8 Å². The van der Waals surface area contributed by atoms with Crippen molar-refractivity contribution in [3.8, 4) is 0 Å². The van der Waals surface area contributed by atoms with Crippen molar-refractivity contribution in [2.75, 3.05) is 6.61 Å². The normalized spacial score (nSPS) is 30.4. The van der Waals surface area contributed by atoms with Crippen molar-refractivity contribution in [1.82, 2.24) is 0 Å². The zero-order chi connectivity index (χ0) is 20.5. The fraction of sp³-hybridized carbons (Fsp3) is 0.360. The minimum atomic E-state index is -0.777. The molecule has 159 valence electrons. The van der Waals surface area contributed by atoms with Crippen LogP contribution in [0.2, 0.25) is 0 Å². The Kier molecular flexibility index (Phi) is 7.82. The van der Waals surface area contributed by atoms with Crippen LogP contribution in [0.4, 0.5) is 0 Å². The average Bonchev–Trinajstić information content (AvgIpc) is 2.79. The predicted octanol–water partition coefficient (Wildman–Crippen LogP) is 3.99. The summed E-state index contributed by atoms with van der Waals surface area (Å²) < 4.78 is 24.3. The van der Waals surface area contributed by atoms with Crippen molar-refractivity contribution in [2.45, 2.75) is 50.3 Å². The van der Waals surface area contributed by atoms with Gasteiger partial charge in [-0.1, -0.05) is 66.7 Å². The summed E-state index contributed by atoms with van der Waals surface area (Å²) in [5.74, 6) is 0. The molecule has 0 spiro atoms. The van der Waals surface area contributed by atoms with E-state index in [1.807, 2.05) is 49.4 Å². The molecule has 5 nitrogen and oxygen atoms in total. The maximum Gasteiger partial charge on any atom is 0.184 e. The van der Waals surface area contributed by atoms with E-state index in [1.54, 1.807) is 0 Å². The number of rotatable bonds is 4.